The molecule has 31 heavy (non-hydrogen) atoms. The van der Waals surface area contributed by atoms with E-state index in [4.69, 9.17) is 16.3 Å². The zero-order chi connectivity index (χ0) is 22.9. The number of carbonyl (C=O) groups is 3. The standard InChI is InChI=1S/C21H27ClN2O6S/c1-12(30-21(27)15-9-13-5-4-6-14(10-15)19(13)25)20(26)23-16-7-8-17(22)18(11-16)31(28,29)24(2)3/h7-8,11-15H,4-6,9-10H2,1-3H3,(H,23,26)/t12-,13-,14+,15?/m0/s1. The van der Waals surface area contributed by atoms with Gasteiger partial charge in [-0.15, -0.1) is 0 Å². The van der Waals surface area contributed by atoms with Gasteiger partial charge in [0.25, 0.3) is 5.91 Å². The Labute approximate surface area is 187 Å². The van der Waals surface area contributed by atoms with Crippen LogP contribution in [0.2, 0.25) is 5.02 Å². The Kier molecular flexibility index (Phi) is 7.08. The van der Waals surface area contributed by atoms with E-state index in [1.165, 1.54) is 39.2 Å². The highest BCUT2D eigenvalue weighted by molar-refractivity contribution is 7.89. The molecular weight excluding hydrogens is 444 g/mol. The van der Waals surface area contributed by atoms with E-state index in [-0.39, 0.29) is 39.1 Å². The second-order valence-electron chi connectivity index (χ2n) is 8.40. The van der Waals surface area contributed by atoms with Crippen molar-refractivity contribution < 1.29 is 27.5 Å². The second-order valence-corrected chi connectivity index (χ2v) is 10.9. The van der Waals surface area contributed by atoms with Crippen molar-refractivity contribution in [2.45, 2.75) is 50.0 Å². The highest BCUT2D eigenvalue weighted by Gasteiger charge is 2.42. The van der Waals surface area contributed by atoms with E-state index >= 15 is 0 Å². The molecule has 3 rings (SSSR count). The van der Waals surface area contributed by atoms with Gasteiger partial charge in [-0.2, -0.15) is 0 Å². The van der Waals surface area contributed by atoms with Crippen molar-refractivity contribution in [2.75, 3.05) is 19.4 Å². The van der Waals surface area contributed by atoms with E-state index in [1.54, 1.807) is 0 Å². The van der Waals surface area contributed by atoms with Crippen molar-refractivity contribution >= 4 is 45.0 Å². The number of ketones is 1. The van der Waals surface area contributed by atoms with Crippen molar-refractivity contribution in [1.82, 2.24) is 4.31 Å². The fraction of sp³-hybridized carbons (Fsp3) is 0.571. The summed E-state index contributed by atoms with van der Waals surface area (Å²) in [5.41, 5.74) is 0.218. The second kappa shape index (κ2) is 9.26. The summed E-state index contributed by atoms with van der Waals surface area (Å²) >= 11 is 6.02. The number of hydrogen-bond acceptors (Lipinski definition) is 6. The Bertz CT molecular complexity index is 978. The minimum absolute atomic E-state index is 0.0311. The number of nitrogens with zero attached hydrogens (tertiary/aromatic N) is 1. The van der Waals surface area contributed by atoms with Gasteiger partial charge < -0.3 is 10.1 Å². The van der Waals surface area contributed by atoms with Crippen LogP contribution in [0.1, 0.15) is 39.0 Å². The molecule has 8 nitrogen and oxygen atoms in total. The van der Waals surface area contributed by atoms with Crippen molar-refractivity contribution in [3.8, 4) is 0 Å². The first-order chi connectivity index (χ1) is 14.5. The first-order valence-electron chi connectivity index (χ1n) is 10.3. The Morgan fingerprint density at radius 2 is 1.81 bits per heavy atom. The minimum Gasteiger partial charge on any atom is -0.452 e. The van der Waals surface area contributed by atoms with Crippen LogP contribution in [0.25, 0.3) is 0 Å². The fourth-order valence-electron chi connectivity index (χ4n) is 4.22. The number of hydrogen-bond donors (Lipinski definition) is 1. The topological polar surface area (TPSA) is 110 Å². The molecule has 2 saturated carbocycles. The molecular formula is C21H27ClN2O6S. The lowest BCUT2D eigenvalue weighted by molar-refractivity contribution is -0.161. The fourth-order valence-corrected chi connectivity index (χ4v) is 5.61. The van der Waals surface area contributed by atoms with E-state index in [1.807, 2.05) is 0 Å². The van der Waals surface area contributed by atoms with Crippen LogP contribution in [0.15, 0.2) is 23.1 Å². The summed E-state index contributed by atoms with van der Waals surface area (Å²) in [5, 5.41) is 2.59. The van der Waals surface area contributed by atoms with Gasteiger partial charge in [-0.3, -0.25) is 14.4 Å². The molecule has 2 aliphatic carbocycles. The first kappa shape index (κ1) is 23.7. The number of nitrogens with one attached hydrogen (secondary N) is 1. The van der Waals surface area contributed by atoms with Crippen molar-refractivity contribution in [3.05, 3.63) is 23.2 Å². The Hall–Kier alpha value is -1.97. The summed E-state index contributed by atoms with van der Waals surface area (Å²) in [4.78, 5) is 37.2. The zero-order valence-electron chi connectivity index (χ0n) is 17.8. The largest absolute Gasteiger partial charge is 0.452 e. The molecule has 0 radical (unpaired) electrons. The molecule has 0 heterocycles. The van der Waals surface area contributed by atoms with Crippen LogP contribution >= 0.6 is 11.6 Å². The predicted molar refractivity (Wildman–Crippen MR) is 115 cm³/mol. The van der Waals surface area contributed by atoms with Crippen LogP contribution < -0.4 is 5.32 Å². The molecule has 0 spiro atoms. The third-order valence-corrected chi connectivity index (χ3v) is 8.30. The lowest BCUT2D eigenvalue weighted by Crippen LogP contribution is -2.41. The van der Waals surface area contributed by atoms with Crippen LogP contribution in [0.3, 0.4) is 0 Å². The number of fused-ring (bicyclic) bond motifs is 2. The van der Waals surface area contributed by atoms with Gasteiger partial charge in [-0.25, -0.2) is 12.7 Å². The molecule has 10 heteroatoms. The zero-order valence-corrected chi connectivity index (χ0v) is 19.3. The smallest absolute Gasteiger partial charge is 0.309 e. The lowest BCUT2D eigenvalue weighted by atomic mass is 9.67. The first-order valence-corrected chi connectivity index (χ1v) is 12.1. The molecule has 0 aliphatic heterocycles. The summed E-state index contributed by atoms with van der Waals surface area (Å²) in [6.45, 7) is 1.45. The van der Waals surface area contributed by atoms with Gasteiger partial charge >= 0.3 is 5.97 Å². The van der Waals surface area contributed by atoms with Gasteiger partial charge in [0, 0.05) is 31.6 Å². The Balaban J connectivity index is 1.63. The Morgan fingerprint density at radius 1 is 1.19 bits per heavy atom. The maximum atomic E-state index is 12.6. The monoisotopic (exact) mass is 470 g/mol. The molecule has 2 fully saturated rings. The van der Waals surface area contributed by atoms with Gasteiger partial charge in [0.15, 0.2) is 6.10 Å². The van der Waals surface area contributed by atoms with Crippen LogP contribution in [0.5, 0.6) is 0 Å². The number of anilines is 1. The highest BCUT2D eigenvalue weighted by atomic mass is 35.5. The number of rotatable bonds is 6. The number of esters is 1. The number of sulfonamides is 1. The van der Waals surface area contributed by atoms with Gasteiger partial charge in [0.05, 0.1) is 10.9 Å². The van der Waals surface area contributed by atoms with E-state index in [0.717, 1.165) is 23.6 Å². The van der Waals surface area contributed by atoms with Gasteiger partial charge in [0.1, 0.15) is 10.7 Å². The van der Waals surface area contributed by atoms with Crippen molar-refractivity contribution in [3.63, 3.8) is 0 Å². The van der Waals surface area contributed by atoms with Crippen LogP contribution in [0.4, 0.5) is 5.69 Å². The van der Waals surface area contributed by atoms with Gasteiger partial charge in [0.2, 0.25) is 10.0 Å². The number of Topliss-reactive ketones (excluding diaryl/α,β-unsaturated/α-hetero) is 1. The maximum Gasteiger partial charge on any atom is 0.309 e. The molecule has 1 aromatic carbocycles. The van der Waals surface area contributed by atoms with Crippen LogP contribution in [0, 0.1) is 17.8 Å². The molecule has 0 saturated heterocycles. The van der Waals surface area contributed by atoms with E-state index in [9.17, 15) is 22.8 Å². The molecule has 170 valence electrons. The summed E-state index contributed by atoms with van der Waals surface area (Å²) in [7, 11) is -1.03. The molecule has 0 aromatic heterocycles. The third kappa shape index (κ3) is 5.10. The SMILES string of the molecule is C[C@H](OC(=O)C1C[C@H]2CCC[C@@H](C1)C2=O)C(=O)Nc1ccc(Cl)c(S(=O)(=O)N(C)C)c1. The maximum absolute atomic E-state index is 12.6. The number of halogens is 1. The third-order valence-electron chi connectivity index (χ3n) is 6.00. The molecule has 2 bridgehead atoms. The number of ether oxygens (including phenoxy) is 1. The molecule has 1 N–H and O–H groups in total. The number of benzene rings is 1. The number of carbonyl (C=O) groups excluding carboxylic acids is 3. The summed E-state index contributed by atoms with van der Waals surface area (Å²) in [6, 6.07) is 4.11. The van der Waals surface area contributed by atoms with Gasteiger partial charge in [-0.1, -0.05) is 18.0 Å². The van der Waals surface area contributed by atoms with Crippen LogP contribution in [-0.4, -0.2) is 50.6 Å². The summed E-state index contributed by atoms with van der Waals surface area (Å²) in [6.07, 6.45) is 2.51. The van der Waals surface area contributed by atoms with E-state index in [0.29, 0.717) is 12.8 Å². The average molecular weight is 471 g/mol. The molecule has 1 aromatic rings. The van der Waals surface area contributed by atoms with Crippen molar-refractivity contribution in [1.29, 1.82) is 0 Å². The average Bonchev–Trinajstić information content (AvgIpc) is 2.68. The number of amides is 1. The van der Waals surface area contributed by atoms with Crippen molar-refractivity contribution in [2.24, 2.45) is 17.8 Å². The Morgan fingerprint density at radius 3 is 2.39 bits per heavy atom. The molecule has 4 atom stereocenters. The minimum atomic E-state index is -3.79. The molecule has 2 aliphatic rings. The quantitative estimate of drug-likeness (QED) is 0.640. The van der Waals surface area contributed by atoms with Gasteiger partial charge in [-0.05, 0) is 50.8 Å². The van der Waals surface area contributed by atoms with E-state index in [2.05, 4.69) is 5.32 Å². The predicted octanol–water partition coefficient (Wildman–Crippen LogP) is 2.86. The lowest BCUT2D eigenvalue weighted by Gasteiger charge is -2.36. The van der Waals surface area contributed by atoms with E-state index < -0.39 is 28.0 Å². The molecule has 1 unspecified atom stereocenters. The highest BCUT2D eigenvalue weighted by Crippen LogP contribution is 2.40. The molecule has 1 amide bonds. The normalized spacial score (nSPS) is 24.5. The van der Waals surface area contributed by atoms with Crippen LogP contribution in [-0.2, 0) is 29.1 Å². The summed E-state index contributed by atoms with van der Waals surface area (Å²) in [5.74, 6) is -1.35. The summed E-state index contributed by atoms with van der Waals surface area (Å²) < 4.78 is 31.2.